The first-order valence-corrected chi connectivity index (χ1v) is 9.64. The first kappa shape index (κ1) is 19.3. The molecule has 11 heteroatoms. The molecule has 10 nitrogen and oxygen atoms in total. The van der Waals surface area contributed by atoms with E-state index in [1.165, 1.54) is 31.4 Å². The normalized spacial score (nSPS) is 16.9. The fourth-order valence-electron chi connectivity index (χ4n) is 2.63. The van der Waals surface area contributed by atoms with E-state index in [0.717, 1.165) is 0 Å². The number of nitrogens with zero attached hydrogens (tertiary/aromatic N) is 1. The number of urea groups is 1. The van der Waals surface area contributed by atoms with Gasteiger partial charge in [-0.15, -0.1) is 0 Å². The first-order valence-electron chi connectivity index (χ1n) is 8.09. The summed E-state index contributed by atoms with van der Waals surface area (Å²) in [5.74, 6) is -1.02. The molecular weight excluding hydrogens is 388 g/mol. The summed E-state index contributed by atoms with van der Waals surface area (Å²) in [6.07, 6.45) is 1.47. The topological polar surface area (TPSA) is 147 Å². The van der Waals surface area contributed by atoms with Gasteiger partial charge in [0.2, 0.25) is 10.0 Å². The molecule has 1 aliphatic heterocycles. The maximum Gasteiger partial charge on any atom is 0.347 e. The van der Waals surface area contributed by atoms with E-state index in [0.29, 0.717) is 5.76 Å². The third kappa shape index (κ3) is 4.09. The van der Waals surface area contributed by atoms with E-state index in [-0.39, 0.29) is 23.5 Å². The minimum absolute atomic E-state index is 0.0167. The zero-order valence-electron chi connectivity index (χ0n) is 14.6. The third-order valence-corrected chi connectivity index (χ3v) is 5.54. The number of sulfonamides is 1. The number of furan rings is 1. The molecule has 1 aromatic heterocycles. The van der Waals surface area contributed by atoms with Gasteiger partial charge in [-0.1, -0.05) is 12.1 Å². The molecule has 0 fully saturated rings. The lowest BCUT2D eigenvalue weighted by molar-refractivity contribution is -0.118. The number of anilines is 1. The quantitative estimate of drug-likeness (QED) is 0.655. The van der Waals surface area contributed by atoms with Crippen LogP contribution in [0, 0.1) is 0 Å². The molecule has 3 N–H and O–H groups in total. The van der Waals surface area contributed by atoms with Crippen molar-refractivity contribution in [1.29, 1.82) is 0 Å². The maximum atomic E-state index is 12.7. The Hall–Kier alpha value is -3.47. The van der Waals surface area contributed by atoms with E-state index in [9.17, 15) is 22.8 Å². The summed E-state index contributed by atoms with van der Waals surface area (Å²) in [7, 11) is -4.32. The number of nitrogens with one attached hydrogen (secondary N) is 3. The van der Waals surface area contributed by atoms with Crippen LogP contribution in [0.5, 0.6) is 0 Å². The molecule has 0 saturated carbocycles. The summed E-state index contributed by atoms with van der Waals surface area (Å²) in [5.41, 5.74) is -0.127. The van der Waals surface area contributed by atoms with Crippen molar-refractivity contribution < 1.29 is 27.2 Å². The molecule has 1 aromatic carbocycles. The van der Waals surface area contributed by atoms with Gasteiger partial charge in [-0.05, 0) is 31.2 Å². The lowest BCUT2D eigenvalue weighted by atomic mass is 10.1. The predicted molar refractivity (Wildman–Crippen MR) is 99.3 cm³/mol. The summed E-state index contributed by atoms with van der Waals surface area (Å²) >= 11 is 0. The van der Waals surface area contributed by atoms with Crippen LogP contribution in [-0.4, -0.2) is 37.2 Å². The van der Waals surface area contributed by atoms with Crippen LogP contribution in [0.15, 0.2) is 52.1 Å². The number of carbonyl (C=O) groups is 3. The molecule has 1 atom stereocenters. The highest BCUT2D eigenvalue weighted by molar-refractivity contribution is 7.94. The van der Waals surface area contributed by atoms with Gasteiger partial charge in [-0.2, -0.15) is 0 Å². The number of para-hydroxylation sites is 1. The van der Waals surface area contributed by atoms with Crippen LogP contribution in [0.4, 0.5) is 10.5 Å². The smallest absolute Gasteiger partial charge is 0.347 e. The van der Waals surface area contributed by atoms with Gasteiger partial charge in [-0.3, -0.25) is 19.6 Å². The lowest BCUT2D eigenvalue weighted by Crippen LogP contribution is -2.51. The Morgan fingerprint density at radius 1 is 1.21 bits per heavy atom. The Labute approximate surface area is 160 Å². The molecule has 1 unspecified atom stereocenters. The number of carbonyl (C=O) groups excluding carboxylic acids is 3. The van der Waals surface area contributed by atoms with Crippen LogP contribution in [0.3, 0.4) is 0 Å². The summed E-state index contributed by atoms with van der Waals surface area (Å²) in [4.78, 5) is 39.1. The number of aliphatic imine (C=N–C) groups is 1. The van der Waals surface area contributed by atoms with Crippen LogP contribution in [0.1, 0.15) is 23.0 Å². The number of rotatable bonds is 6. The van der Waals surface area contributed by atoms with Crippen molar-refractivity contribution >= 4 is 39.3 Å². The van der Waals surface area contributed by atoms with Crippen molar-refractivity contribution in [3.8, 4) is 0 Å². The molecule has 0 spiro atoms. The molecule has 3 rings (SSSR count). The Morgan fingerprint density at radius 3 is 2.64 bits per heavy atom. The zero-order chi connectivity index (χ0) is 20.3. The van der Waals surface area contributed by atoms with Gasteiger partial charge >= 0.3 is 6.03 Å². The Balaban J connectivity index is 1.82. The average Bonchev–Trinajstić information content (AvgIpc) is 3.12. The molecule has 2 aromatic rings. The molecule has 0 saturated heterocycles. The molecule has 2 heterocycles. The summed E-state index contributed by atoms with van der Waals surface area (Å²) in [6, 6.07) is 8.35. The minimum atomic E-state index is -4.32. The van der Waals surface area contributed by atoms with Crippen molar-refractivity contribution in [2.24, 2.45) is 4.99 Å². The van der Waals surface area contributed by atoms with E-state index in [1.807, 2.05) is 5.32 Å². The molecule has 28 heavy (non-hydrogen) atoms. The van der Waals surface area contributed by atoms with Gasteiger partial charge < -0.3 is 9.73 Å². The van der Waals surface area contributed by atoms with Gasteiger partial charge in [0, 0.05) is 0 Å². The largest absolute Gasteiger partial charge is 0.467 e. The highest BCUT2D eigenvalue weighted by atomic mass is 32.2. The number of amides is 4. The van der Waals surface area contributed by atoms with Gasteiger partial charge in [0.15, 0.2) is 5.25 Å². The van der Waals surface area contributed by atoms with E-state index in [4.69, 9.17) is 4.42 Å². The first-order chi connectivity index (χ1) is 13.3. The van der Waals surface area contributed by atoms with Crippen molar-refractivity contribution in [2.45, 2.75) is 18.7 Å². The fraction of sp³-hybridized carbons (Fsp3) is 0.176. The second-order valence-electron chi connectivity index (χ2n) is 5.88. The van der Waals surface area contributed by atoms with Crippen LogP contribution >= 0.6 is 0 Å². The highest BCUT2D eigenvalue weighted by Gasteiger charge is 2.39. The summed E-state index contributed by atoms with van der Waals surface area (Å²) < 4.78 is 32.8. The van der Waals surface area contributed by atoms with E-state index < -0.39 is 33.1 Å². The van der Waals surface area contributed by atoms with Crippen LogP contribution in [-0.2, 0) is 21.4 Å². The molecule has 0 radical (unpaired) electrons. The van der Waals surface area contributed by atoms with Gasteiger partial charge in [0.25, 0.3) is 11.8 Å². The maximum absolute atomic E-state index is 12.7. The number of imide groups is 1. The Morgan fingerprint density at radius 2 is 1.96 bits per heavy atom. The number of benzene rings is 1. The Bertz CT molecular complexity index is 1060. The molecule has 0 bridgehead atoms. The molecule has 1 aliphatic rings. The number of hydrogen-bond acceptors (Lipinski definition) is 6. The van der Waals surface area contributed by atoms with Crippen molar-refractivity contribution in [3.05, 3.63) is 54.0 Å². The SMILES string of the molecule is CC1=NC(=O)NC(=O)C1S(=O)(=O)Nc1ccccc1C(=O)NCc1ccco1. The van der Waals surface area contributed by atoms with Gasteiger partial charge in [-0.25, -0.2) is 18.2 Å². The molecule has 4 amide bonds. The van der Waals surface area contributed by atoms with Crippen LogP contribution < -0.4 is 15.4 Å². The zero-order valence-corrected chi connectivity index (χ0v) is 15.4. The third-order valence-electron chi connectivity index (χ3n) is 3.86. The highest BCUT2D eigenvalue weighted by Crippen LogP contribution is 2.20. The van der Waals surface area contributed by atoms with E-state index in [2.05, 4.69) is 15.0 Å². The number of hydrogen-bond donors (Lipinski definition) is 3. The fourth-order valence-corrected chi connectivity index (χ4v) is 4.08. The second-order valence-corrected chi connectivity index (χ2v) is 7.65. The van der Waals surface area contributed by atoms with Crippen LogP contribution in [0.25, 0.3) is 0 Å². The van der Waals surface area contributed by atoms with E-state index >= 15 is 0 Å². The molecule has 0 aliphatic carbocycles. The average molecular weight is 404 g/mol. The molecule has 146 valence electrons. The minimum Gasteiger partial charge on any atom is -0.467 e. The van der Waals surface area contributed by atoms with Gasteiger partial charge in [0.1, 0.15) is 5.76 Å². The second kappa shape index (κ2) is 7.64. The van der Waals surface area contributed by atoms with Crippen molar-refractivity contribution in [1.82, 2.24) is 10.6 Å². The van der Waals surface area contributed by atoms with E-state index in [1.54, 1.807) is 18.2 Å². The standard InChI is InChI=1S/C17H16N4O6S/c1-10-14(16(23)20-17(24)19-10)28(25,26)21-13-7-3-2-6-12(13)15(22)18-9-11-5-4-8-27-11/h2-8,14,21H,9H2,1H3,(H,18,22)(H,20,23,24). The van der Waals surface area contributed by atoms with Crippen LogP contribution in [0.2, 0.25) is 0 Å². The lowest BCUT2D eigenvalue weighted by Gasteiger charge is -2.21. The summed E-state index contributed by atoms with van der Waals surface area (Å²) in [5, 5.41) is 2.78. The van der Waals surface area contributed by atoms with Gasteiger partial charge in [0.05, 0.1) is 29.8 Å². The van der Waals surface area contributed by atoms with Crippen molar-refractivity contribution in [2.75, 3.05) is 4.72 Å². The Kier molecular flexibility index (Phi) is 5.27. The summed E-state index contributed by atoms with van der Waals surface area (Å²) in [6.45, 7) is 1.38. The predicted octanol–water partition coefficient (Wildman–Crippen LogP) is 1.03. The molecular formula is C17H16N4O6S. The monoisotopic (exact) mass is 404 g/mol. The van der Waals surface area contributed by atoms with Crippen molar-refractivity contribution in [3.63, 3.8) is 0 Å².